The van der Waals surface area contributed by atoms with Crippen molar-refractivity contribution in [3.8, 4) is 109 Å². The Morgan fingerprint density at radius 1 is 0.569 bits per heavy atom. The van der Waals surface area contributed by atoms with Crippen molar-refractivity contribution in [3.63, 3.8) is 0 Å². The van der Waals surface area contributed by atoms with E-state index in [1.165, 1.54) is 33.4 Å². The number of benzene rings is 3. The number of nitrogens with zero attached hydrogens (tertiary/aromatic N) is 15. The highest BCUT2D eigenvalue weighted by Gasteiger charge is 2.24. The molecule has 2 fully saturated rings. The zero-order valence-corrected chi connectivity index (χ0v) is 57.9. The molecule has 1 aliphatic carbocycles. The molecule has 3 aromatic carbocycles. The second kappa shape index (κ2) is 31.6. The Kier molecular flexibility index (Phi) is 21.7. The molecule has 10 heterocycles. The average molecular weight is 1370 g/mol. The van der Waals surface area contributed by atoms with Crippen molar-refractivity contribution in [2.45, 2.75) is 117 Å². The molecule has 12 aromatic rings. The predicted octanol–water partition coefficient (Wildman–Crippen LogP) is 11.1. The molecule has 0 spiro atoms. The fourth-order valence-corrected chi connectivity index (χ4v) is 12.1. The molecule has 102 heavy (non-hydrogen) atoms. The molecule has 522 valence electrons. The van der Waals surface area contributed by atoms with Crippen molar-refractivity contribution >= 4 is 11.6 Å². The van der Waals surface area contributed by atoms with Crippen LogP contribution in [0.5, 0.6) is 0 Å². The number of aryl methyl sites for hydroxylation is 3. The maximum Gasteiger partial charge on any atom is 0.270 e. The van der Waals surface area contributed by atoms with Crippen LogP contribution in [-0.2, 0) is 24.4 Å². The Hall–Kier alpha value is -11.8. The number of nitriles is 1. The van der Waals surface area contributed by atoms with Gasteiger partial charge >= 0.3 is 0 Å². The molecule has 1 saturated carbocycles. The summed E-state index contributed by atoms with van der Waals surface area (Å²) in [5.41, 5.74) is 26.6. The first-order chi connectivity index (χ1) is 49.4. The molecule has 14 rings (SSSR count). The fraction of sp³-hybridized carbons (Fsp3) is 0.293. The van der Waals surface area contributed by atoms with Gasteiger partial charge in [0.25, 0.3) is 28.5 Å². The summed E-state index contributed by atoms with van der Waals surface area (Å²) >= 11 is 0. The summed E-state index contributed by atoms with van der Waals surface area (Å²) in [5, 5.41) is 40.0. The first-order valence-corrected chi connectivity index (χ1v) is 33.6. The summed E-state index contributed by atoms with van der Waals surface area (Å²) in [6, 6.07) is 34.0. The van der Waals surface area contributed by atoms with Crippen LogP contribution in [0.2, 0.25) is 0 Å². The first-order valence-electron chi connectivity index (χ1n) is 33.6. The van der Waals surface area contributed by atoms with Gasteiger partial charge in [-0.05, 0) is 133 Å². The van der Waals surface area contributed by atoms with E-state index < -0.39 is 6.04 Å². The molecule has 1 unspecified atom stereocenters. The van der Waals surface area contributed by atoms with Crippen LogP contribution in [0.15, 0.2) is 168 Å². The number of ether oxygens (including phenoxy) is 1. The van der Waals surface area contributed by atoms with Gasteiger partial charge in [0, 0.05) is 122 Å². The molecule has 27 nitrogen and oxygen atoms in total. The minimum Gasteiger partial charge on any atom is -0.414 e. The monoisotopic (exact) mass is 1370 g/mol. The van der Waals surface area contributed by atoms with Crippen LogP contribution >= 0.6 is 0 Å². The van der Waals surface area contributed by atoms with Gasteiger partial charge in [0.1, 0.15) is 17.4 Å². The van der Waals surface area contributed by atoms with E-state index in [9.17, 15) is 19.6 Å². The van der Waals surface area contributed by atoms with Crippen molar-refractivity contribution < 1.29 is 19.5 Å². The van der Waals surface area contributed by atoms with Crippen molar-refractivity contribution in [1.82, 2.24) is 85.1 Å². The van der Waals surface area contributed by atoms with Gasteiger partial charge < -0.3 is 54.6 Å². The van der Waals surface area contributed by atoms with Gasteiger partial charge in [-0.15, -0.1) is 20.4 Å². The number of aromatic nitrogens is 14. The molecule has 0 amide bonds. The number of nitrogen functional groups attached to an aromatic ring is 2. The highest BCUT2D eigenvalue weighted by atomic mass is 16.5. The number of hydrogen-bond acceptors (Lipinski definition) is 24. The van der Waals surface area contributed by atoms with Gasteiger partial charge in [-0.25, -0.2) is 24.9 Å². The number of rotatable bonds is 19. The number of nitrogens with one attached hydrogen (secondary N) is 3. The lowest BCUT2D eigenvalue weighted by Gasteiger charge is -2.14. The van der Waals surface area contributed by atoms with Gasteiger partial charge in [0.05, 0.1) is 54.0 Å². The molecule has 2 atom stereocenters. The summed E-state index contributed by atoms with van der Waals surface area (Å²) in [7, 11) is 3.82. The average Bonchev–Trinajstić information content (AvgIpc) is 1.80. The van der Waals surface area contributed by atoms with Gasteiger partial charge in [-0.1, -0.05) is 66.5 Å². The zero-order chi connectivity index (χ0) is 71.6. The number of hydrogen-bond donors (Lipinski definition) is 5. The number of nitrogens with two attached hydrogens (primary N) is 2. The molecule has 2 aliphatic rings. The highest BCUT2D eigenvalue weighted by molar-refractivity contribution is 5.72. The third-order valence-corrected chi connectivity index (χ3v) is 17.7. The van der Waals surface area contributed by atoms with Crippen molar-refractivity contribution in [3.05, 3.63) is 205 Å². The van der Waals surface area contributed by atoms with Crippen molar-refractivity contribution in [2.24, 2.45) is 0 Å². The van der Waals surface area contributed by atoms with Gasteiger partial charge in [0.15, 0.2) is 28.8 Å². The van der Waals surface area contributed by atoms with Gasteiger partial charge in [0.2, 0.25) is 11.8 Å². The van der Waals surface area contributed by atoms with Crippen molar-refractivity contribution in [2.75, 3.05) is 38.8 Å². The minimum absolute atomic E-state index is 0. The molecule has 9 aromatic heterocycles. The van der Waals surface area contributed by atoms with E-state index in [4.69, 9.17) is 34.5 Å². The first kappa shape index (κ1) is 70.0. The third kappa shape index (κ3) is 16.1. The zero-order valence-electron chi connectivity index (χ0n) is 57.9. The third-order valence-electron chi connectivity index (χ3n) is 17.7. The van der Waals surface area contributed by atoms with E-state index in [0.717, 1.165) is 104 Å². The van der Waals surface area contributed by atoms with Crippen LogP contribution in [0, 0.1) is 32.1 Å². The largest absolute Gasteiger partial charge is 0.414 e. The fourth-order valence-electron chi connectivity index (χ4n) is 12.1. The SMILES string of the molecule is CNCc1ccc(-c2cc(-c3nc(-c4ccc(=O)n(C(C)C#N)c4)cnc3C)on2)cc1.CNCc1ccc(-c2nnc(-c3nc(-c4ccc(=O)n(C5CCCC5)c4)cnc3N)o2)c(C)c1.Cc1cc(CN[C@H]2CCOC2)ccc1-c1nnc(-c2nc(-c3ccc(=O)n(C(C)C)c3)cnc2N)o1.[HH]. The summed E-state index contributed by atoms with van der Waals surface area (Å²) in [5.74, 6) is 2.04. The van der Waals surface area contributed by atoms with Crippen molar-refractivity contribution in [1.29, 1.82) is 5.26 Å². The smallest absolute Gasteiger partial charge is 0.270 e. The van der Waals surface area contributed by atoms with Gasteiger partial charge in [-0.3, -0.25) is 23.9 Å². The van der Waals surface area contributed by atoms with Crippen LogP contribution in [0.25, 0.3) is 103 Å². The summed E-state index contributed by atoms with van der Waals surface area (Å²) in [6.45, 7) is 15.4. The Balaban J connectivity index is 0.000000154. The molecular weight excluding hydrogens is 1290 g/mol. The maximum absolute atomic E-state index is 12.4. The van der Waals surface area contributed by atoms with Crippen LogP contribution in [0.4, 0.5) is 11.6 Å². The maximum atomic E-state index is 12.4. The molecule has 0 radical (unpaired) electrons. The summed E-state index contributed by atoms with van der Waals surface area (Å²) < 4.78 is 27.8. The predicted molar refractivity (Wildman–Crippen MR) is 389 cm³/mol. The van der Waals surface area contributed by atoms with Gasteiger partial charge in [-0.2, -0.15) is 5.26 Å². The van der Waals surface area contributed by atoms with E-state index >= 15 is 0 Å². The standard InChI is InChI=1S/C26H29N7O3.C25H27N7O2.C24H22N6O2.H2/c1-15(2)33-13-18(5-7-22(33)34)21-12-29-24(27)23(30-21)26-32-31-25(36-26)20-6-4-17(10-16(20)3)11-28-19-8-9-35-14-19;1-15-11-16(12-27-2)7-9-19(15)24-30-31-25(34-24)22-23(26)28-13-20(29-22)17-8-10-21(33)32(14-17)18-5-3-4-6-18;1-15(11-25)30-14-19(8-9-23(30)31)21-13-27-16(2)24(28-21)22-10-20(29-32-22)18-6-4-17(5-7-18)12-26-3;/h4-7,10,12-13,15,19,28H,8-9,11,14H2,1-3H3,(H2,27,29);7-11,13-14,18,27H,3-6,12H2,1-2H3,(H2,26,28);4-10,13-15,26H,12H2,1-3H3;1H/t19-;;;/m0.../s1. The molecular formula is C75H80N20O7. The summed E-state index contributed by atoms with van der Waals surface area (Å²) in [6.07, 6.45) is 15.4. The molecule has 27 heteroatoms. The second-order valence-electron chi connectivity index (χ2n) is 25.4. The molecule has 1 aliphatic heterocycles. The lowest BCUT2D eigenvalue weighted by atomic mass is 10.0. The normalized spacial score (nSPS) is 13.9. The number of pyridine rings is 3. The van der Waals surface area contributed by atoms with Crippen LogP contribution in [0.1, 0.15) is 106 Å². The van der Waals surface area contributed by atoms with E-state index in [1.807, 2.05) is 114 Å². The lowest BCUT2D eigenvalue weighted by Crippen LogP contribution is -2.28. The van der Waals surface area contributed by atoms with E-state index in [-0.39, 0.29) is 53.6 Å². The second-order valence-corrected chi connectivity index (χ2v) is 25.4. The Labute approximate surface area is 588 Å². The lowest BCUT2D eigenvalue weighted by molar-refractivity contribution is 0.190. The summed E-state index contributed by atoms with van der Waals surface area (Å²) in [4.78, 5) is 63.7. The Morgan fingerprint density at radius 3 is 1.62 bits per heavy atom. The molecule has 1 saturated heterocycles. The van der Waals surface area contributed by atoms with E-state index in [2.05, 4.69) is 84.6 Å². The van der Waals surface area contributed by atoms with E-state index in [0.29, 0.717) is 74.7 Å². The highest BCUT2D eigenvalue weighted by Crippen LogP contribution is 2.35. The van der Waals surface area contributed by atoms with Crippen LogP contribution < -0.4 is 44.1 Å². The topological polar surface area (TPSA) is 368 Å². The number of anilines is 2. The minimum atomic E-state index is -0.586. The van der Waals surface area contributed by atoms with Crippen LogP contribution in [0.3, 0.4) is 0 Å². The quantitative estimate of drug-likeness (QED) is 0.0502. The van der Waals surface area contributed by atoms with Crippen LogP contribution in [-0.4, -0.2) is 103 Å². The van der Waals surface area contributed by atoms with E-state index in [1.54, 1.807) is 66.7 Å². The Bertz CT molecular complexity index is 5200. The molecule has 7 N–H and O–H groups in total. The Morgan fingerprint density at radius 2 is 1.07 bits per heavy atom. The molecule has 0 bridgehead atoms.